The van der Waals surface area contributed by atoms with Gasteiger partial charge in [0.05, 0.1) is 19.6 Å². The van der Waals surface area contributed by atoms with E-state index in [0.29, 0.717) is 5.75 Å². The number of ether oxygens (including phenoxy) is 1. The summed E-state index contributed by atoms with van der Waals surface area (Å²) in [6.07, 6.45) is 0.768. The fourth-order valence-corrected chi connectivity index (χ4v) is 3.01. The van der Waals surface area contributed by atoms with E-state index >= 15 is 0 Å². The molecule has 0 fully saturated rings. The summed E-state index contributed by atoms with van der Waals surface area (Å²) >= 11 is 0. The quantitative estimate of drug-likeness (QED) is 0.386. The predicted molar refractivity (Wildman–Crippen MR) is 117 cm³/mol. The molecule has 33 heavy (non-hydrogen) atoms. The molecule has 0 unspecified atom stereocenters. The molecule has 0 spiro atoms. The summed E-state index contributed by atoms with van der Waals surface area (Å²) in [4.78, 5) is 43.0. The number of methoxy groups -OCH3 is 1. The molecular weight excluding hydrogens is 428 g/mol. The first-order valence-corrected chi connectivity index (χ1v) is 9.94. The summed E-state index contributed by atoms with van der Waals surface area (Å²) in [6, 6.07) is 15.9. The van der Waals surface area contributed by atoms with Gasteiger partial charge in [-0.15, -0.1) is 0 Å². The first-order valence-electron chi connectivity index (χ1n) is 9.94. The van der Waals surface area contributed by atoms with Crippen molar-refractivity contribution in [2.24, 2.45) is 0 Å². The smallest absolute Gasteiger partial charge is 0.305 e. The van der Waals surface area contributed by atoms with Crippen LogP contribution in [0, 0.1) is 0 Å². The second kappa shape index (κ2) is 10.7. The van der Waals surface area contributed by atoms with Gasteiger partial charge in [0.1, 0.15) is 11.3 Å². The second-order valence-corrected chi connectivity index (χ2v) is 6.92. The number of hydrogen-bond acceptors (Lipinski definition) is 7. The first-order chi connectivity index (χ1) is 15.9. The van der Waals surface area contributed by atoms with Gasteiger partial charge < -0.3 is 25.6 Å². The van der Waals surface area contributed by atoms with Gasteiger partial charge in [-0.3, -0.25) is 14.4 Å². The highest BCUT2D eigenvalue weighted by Gasteiger charge is 2.22. The minimum absolute atomic E-state index is 0.124. The molecule has 1 aromatic heterocycles. The molecule has 1 atom stereocenters. The Morgan fingerprint density at radius 2 is 1.67 bits per heavy atom. The summed E-state index contributed by atoms with van der Waals surface area (Å²) < 4.78 is 5.19. The van der Waals surface area contributed by atoms with Crippen LogP contribution in [0.25, 0.3) is 0 Å². The maximum absolute atomic E-state index is 12.9. The molecule has 10 heteroatoms. The van der Waals surface area contributed by atoms with Gasteiger partial charge in [-0.25, -0.2) is 4.98 Å². The Balaban J connectivity index is 1.80. The van der Waals surface area contributed by atoms with Crippen LogP contribution in [-0.4, -0.2) is 51.6 Å². The van der Waals surface area contributed by atoms with Gasteiger partial charge in [-0.1, -0.05) is 42.5 Å². The molecule has 0 saturated carbocycles. The molecular formula is C23H22N4O6. The second-order valence-electron chi connectivity index (χ2n) is 6.92. The van der Waals surface area contributed by atoms with Crippen molar-refractivity contribution < 1.29 is 29.3 Å². The number of carbonyl (C=O) groups is 3. The molecule has 2 aromatic carbocycles. The Labute approximate surface area is 189 Å². The lowest BCUT2D eigenvalue weighted by Gasteiger charge is -2.20. The molecule has 0 saturated heterocycles. The number of rotatable bonds is 9. The molecule has 0 bridgehead atoms. The number of carbonyl (C=O) groups excluding carboxylic acids is 2. The summed E-state index contributed by atoms with van der Waals surface area (Å²) in [5.74, 6) is -2.87. The van der Waals surface area contributed by atoms with Gasteiger partial charge in [-0.05, 0) is 23.3 Å². The van der Waals surface area contributed by atoms with Gasteiger partial charge in [0.2, 0.25) is 11.7 Å². The molecule has 10 nitrogen and oxygen atoms in total. The third-order valence-electron chi connectivity index (χ3n) is 4.70. The van der Waals surface area contributed by atoms with Crippen molar-refractivity contribution >= 4 is 17.8 Å². The van der Waals surface area contributed by atoms with Crippen LogP contribution in [0.15, 0.2) is 60.8 Å². The van der Waals surface area contributed by atoms with Crippen molar-refractivity contribution in [1.29, 1.82) is 0 Å². The lowest BCUT2D eigenvalue weighted by molar-refractivity contribution is -0.136. The van der Waals surface area contributed by atoms with Gasteiger partial charge >= 0.3 is 5.97 Å². The maximum atomic E-state index is 12.9. The SMILES string of the molecule is COc1ccc([C@H](NC(=O)c2cnc(C(=O)NCCC(=O)O)nc2O)c2ccccc2)cc1. The van der Waals surface area contributed by atoms with E-state index in [9.17, 15) is 19.5 Å². The van der Waals surface area contributed by atoms with E-state index < -0.39 is 29.7 Å². The molecule has 0 aliphatic heterocycles. The van der Waals surface area contributed by atoms with Crippen LogP contribution in [0.1, 0.15) is 44.6 Å². The lowest BCUT2D eigenvalue weighted by atomic mass is 9.98. The van der Waals surface area contributed by atoms with E-state index in [1.165, 1.54) is 0 Å². The first kappa shape index (κ1) is 23.2. The average Bonchev–Trinajstić information content (AvgIpc) is 2.82. The monoisotopic (exact) mass is 450 g/mol. The number of benzene rings is 2. The minimum atomic E-state index is -1.07. The van der Waals surface area contributed by atoms with Gasteiger partial charge in [0.15, 0.2) is 0 Å². The van der Waals surface area contributed by atoms with Crippen LogP contribution in [0.4, 0.5) is 0 Å². The zero-order valence-corrected chi connectivity index (χ0v) is 17.7. The largest absolute Gasteiger partial charge is 0.497 e. The number of carboxylic acid groups (broad SMARTS) is 1. The van der Waals surface area contributed by atoms with Crippen molar-refractivity contribution in [1.82, 2.24) is 20.6 Å². The Hall–Kier alpha value is -4.47. The number of aromatic nitrogens is 2. The molecule has 0 radical (unpaired) electrons. The van der Waals surface area contributed by atoms with E-state index in [0.717, 1.165) is 17.3 Å². The number of nitrogens with zero attached hydrogens (tertiary/aromatic N) is 2. The molecule has 1 heterocycles. The molecule has 170 valence electrons. The highest BCUT2D eigenvalue weighted by molar-refractivity contribution is 5.97. The van der Waals surface area contributed by atoms with Crippen LogP contribution >= 0.6 is 0 Å². The number of hydrogen-bond donors (Lipinski definition) is 4. The lowest BCUT2D eigenvalue weighted by Crippen LogP contribution is -2.31. The van der Waals surface area contributed by atoms with Gasteiger partial charge in [0, 0.05) is 12.7 Å². The average molecular weight is 450 g/mol. The number of amides is 2. The number of nitrogens with one attached hydrogen (secondary N) is 2. The summed E-state index contributed by atoms with van der Waals surface area (Å²) in [6.45, 7) is -0.124. The van der Waals surface area contributed by atoms with Crippen molar-refractivity contribution in [3.8, 4) is 11.6 Å². The van der Waals surface area contributed by atoms with E-state index in [1.54, 1.807) is 19.2 Å². The number of aromatic hydroxyl groups is 1. The fraction of sp³-hybridized carbons (Fsp3) is 0.174. The maximum Gasteiger partial charge on any atom is 0.305 e. The summed E-state index contributed by atoms with van der Waals surface area (Å²) in [5, 5.41) is 24.1. The van der Waals surface area contributed by atoms with Crippen LogP contribution in [0.2, 0.25) is 0 Å². The van der Waals surface area contributed by atoms with Crippen molar-refractivity contribution in [2.45, 2.75) is 12.5 Å². The van der Waals surface area contributed by atoms with E-state index in [-0.39, 0.29) is 24.4 Å². The summed E-state index contributed by atoms with van der Waals surface area (Å²) in [7, 11) is 1.56. The molecule has 0 aliphatic rings. The number of carboxylic acids is 1. The third-order valence-corrected chi connectivity index (χ3v) is 4.70. The van der Waals surface area contributed by atoms with Crippen molar-refractivity contribution in [2.75, 3.05) is 13.7 Å². The molecule has 0 aliphatic carbocycles. The Morgan fingerprint density at radius 3 is 2.27 bits per heavy atom. The van der Waals surface area contributed by atoms with Crippen molar-refractivity contribution in [3.05, 3.63) is 83.3 Å². The molecule has 4 N–H and O–H groups in total. The van der Waals surface area contributed by atoms with E-state index in [1.807, 2.05) is 42.5 Å². The van der Waals surface area contributed by atoms with Gasteiger partial charge in [-0.2, -0.15) is 4.98 Å². The predicted octanol–water partition coefficient (Wildman–Crippen LogP) is 1.91. The summed E-state index contributed by atoms with van der Waals surface area (Å²) in [5.41, 5.74) is 1.38. The highest BCUT2D eigenvalue weighted by Crippen LogP contribution is 2.25. The highest BCUT2D eigenvalue weighted by atomic mass is 16.5. The topological polar surface area (TPSA) is 151 Å². The Kier molecular flexibility index (Phi) is 7.53. The van der Waals surface area contributed by atoms with Crippen LogP contribution in [-0.2, 0) is 4.79 Å². The van der Waals surface area contributed by atoms with Crippen LogP contribution in [0.5, 0.6) is 11.6 Å². The minimum Gasteiger partial charge on any atom is -0.497 e. The molecule has 2 amide bonds. The van der Waals surface area contributed by atoms with Gasteiger partial charge in [0.25, 0.3) is 11.8 Å². The van der Waals surface area contributed by atoms with E-state index in [4.69, 9.17) is 9.84 Å². The van der Waals surface area contributed by atoms with Crippen LogP contribution < -0.4 is 15.4 Å². The normalized spacial score (nSPS) is 11.3. The molecule has 3 aromatic rings. The van der Waals surface area contributed by atoms with Crippen LogP contribution in [0.3, 0.4) is 0 Å². The van der Waals surface area contributed by atoms with Crippen molar-refractivity contribution in [3.63, 3.8) is 0 Å². The van der Waals surface area contributed by atoms with E-state index in [2.05, 4.69) is 20.6 Å². The molecule has 3 rings (SSSR count). The zero-order chi connectivity index (χ0) is 23.8. The Morgan fingerprint density at radius 1 is 1.00 bits per heavy atom. The standard InChI is InChI=1S/C23H22N4O6/c1-33-16-9-7-15(8-10-16)19(14-5-3-2-4-6-14)26-21(30)17-13-25-20(27-22(17)31)23(32)24-12-11-18(28)29/h2-10,13,19H,11-12H2,1H3,(H,24,32)(H,26,30)(H,28,29)(H,25,27,31)/t19-/m1/s1. The third kappa shape index (κ3) is 6.03. The zero-order valence-electron chi connectivity index (χ0n) is 17.7. The fourth-order valence-electron chi connectivity index (χ4n) is 3.01. The number of aliphatic carboxylic acids is 1. The Bertz CT molecular complexity index is 1140.